The second kappa shape index (κ2) is 10.7. The summed E-state index contributed by atoms with van der Waals surface area (Å²) in [5.41, 5.74) is 4.27. The van der Waals surface area contributed by atoms with Crippen LogP contribution in [0.2, 0.25) is 0 Å². The van der Waals surface area contributed by atoms with E-state index in [9.17, 15) is 4.79 Å². The van der Waals surface area contributed by atoms with Gasteiger partial charge in [-0.05, 0) is 60.4 Å². The van der Waals surface area contributed by atoms with Crippen molar-refractivity contribution in [2.24, 2.45) is 5.10 Å². The number of hydrazone groups is 1. The van der Waals surface area contributed by atoms with Gasteiger partial charge in [0.1, 0.15) is 5.75 Å². The van der Waals surface area contributed by atoms with Crippen LogP contribution in [0.1, 0.15) is 37.8 Å². The predicted octanol–water partition coefficient (Wildman–Crippen LogP) is 4.51. The molecule has 0 aliphatic carbocycles. The topological polar surface area (TPSA) is 69.2 Å². The van der Waals surface area contributed by atoms with Gasteiger partial charge < -0.3 is 14.2 Å². The molecule has 28 heavy (non-hydrogen) atoms. The highest BCUT2D eigenvalue weighted by atomic mass is 79.9. The molecule has 150 valence electrons. The Morgan fingerprint density at radius 3 is 2.57 bits per heavy atom. The summed E-state index contributed by atoms with van der Waals surface area (Å²) in [6.07, 6.45) is 1.54. The Morgan fingerprint density at radius 2 is 1.89 bits per heavy atom. The highest BCUT2D eigenvalue weighted by molar-refractivity contribution is 9.10. The number of benzene rings is 2. The summed E-state index contributed by atoms with van der Waals surface area (Å²) in [6.45, 7) is 6.49. The van der Waals surface area contributed by atoms with Crippen molar-refractivity contribution in [1.82, 2.24) is 5.43 Å². The maximum atomic E-state index is 12.0. The Morgan fingerprint density at radius 1 is 1.14 bits per heavy atom. The van der Waals surface area contributed by atoms with Crippen molar-refractivity contribution in [2.45, 2.75) is 26.7 Å². The van der Waals surface area contributed by atoms with Gasteiger partial charge in [-0.1, -0.05) is 29.8 Å². The monoisotopic (exact) mass is 448 g/mol. The first-order valence-electron chi connectivity index (χ1n) is 8.99. The number of hydrogen-bond donors (Lipinski definition) is 1. The summed E-state index contributed by atoms with van der Waals surface area (Å²) in [5.74, 6) is 1.90. The first-order valence-corrected chi connectivity index (χ1v) is 9.78. The molecule has 0 heterocycles. The summed E-state index contributed by atoms with van der Waals surface area (Å²) >= 11 is 3.45. The first kappa shape index (κ1) is 21.8. The minimum Gasteiger partial charge on any atom is -0.493 e. The maximum Gasteiger partial charge on any atom is 0.277 e. The van der Waals surface area contributed by atoms with E-state index in [0.717, 1.165) is 15.6 Å². The molecule has 0 saturated carbocycles. The van der Waals surface area contributed by atoms with Gasteiger partial charge in [-0.25, -0.2) is 5.43 Å². The molecule has 0 bridgehead atoms. The molecular weight excluding hydrogens is 424 g/mol. The van der Waals surface area contributed by atoms with Gasteiger partial charge >= 0.3 is 0 Å². The molecule has 2 rings (SSSR count). The van der Waals surface area contributed by atoms with E-state index in [1.165, 1.54) is 6.21 Å². The highest BCUT2D eigenvalue weighted by Gasteiger charge is 2.10. The Bertz CT molecular complexity index is 837. The van der Waals surface area contributed by atoms with Gasteiger partial charge in [-0.2, -0.15) is 5.10 Å². The van der Waals surface area contributed by atoms with Crippen LogP contribution in [0.5, 0.6) is 17.2 Å². The number of nitrogens with one attached hydrogen (secondary N) is 1. The number of hydrogen-bond acceptors (Lipinski definition) is 5. The van der Waals surface area contributed by atoms with Crippen LogP contribution in [0.3, 0.4) is 0 Å². The minimum absolute atomic E-state index is 0.120. The van der Waals surface area contributed by atoms with Gasteiger partial charge in [-0.3, -0.25) is 4.79 Å². The Labute approximate surface area is 174 Å². The van der Waals surface area contributed by atoms with Crippen molar-refractivity contribution in [1.29, 1.82) is 0 Å². The average molecular weight is 449 g/mol. The van der Waals surface area contributed by atoms with Crippen LogP contribution in [0, 0.1) is 0 Å². The zero-order valence-corrected chi connectivity index (χ0v) is 18.1. The van der Waals surface area contributed by atoms with Crippen LogP contribution in [0.25, 0.3) is 0 Å². The normalized spacial score (nSPS) is 10.9. The standard InChI is InChI=1S/C21H25BrN2O4/c1-5-27-19-8-6-15(10-20(19)26-4)12-23-24-21(25)13-28-18-9-7-16(22)11-17(18)14(2)3/h6-12,14H,5,13H2,1-4H3,(H,24,25)/b23-12+. The van der Waals surface area contributed by atoms with Crippen molar-refractivity contribution in [2.75, 3.05) is 20.3 Å². The number of nitrogens with zero attached hydrogens (tertiary/aromatic N) is 1. The van der Waals surface area contributed by atoms with E-state index >= 15 is 0 Å². The van der Waals surface area contributed by atoms with E-state index < -0.39 is 0 Å². The maximum absolute atomic E-state index is 12.0. The van der Waals surface area contributed by atoms with E-state index in [0.29, 0.717) is 23.9 Å². The molecule has 0 radical (unpaired) electrons. The molecule has 0 saturated heterocycles. The highest BCUT2D eigenvalue weighted by Crippen LogP contribution is 2.29. The molecule has 0 atom stereocenters. The molecular formula is C21H25BrN2O4. The third-order valence-electron chi connectivity index (χ3n) is 3.84. The Kier molecular flexibility index (Phi) is 8.32. The zero-order chi connectivity index (χ0) is 20.5. The molecule has 6 nitrogen and oxygen atoms in total. The van der Waals surface area contributed by atoms with Crippen LogP contribution < -0.4 is 19.6 Å². The van der Waals surface area contributed by atoms with Crippen LogP contribution in [0.4, 0.5) is 0 Å². The predicted molar refractivity (Wildman–Crippen MR) is 114 cm³/mol. The largest absolute Gasteiger partial charge is 0.493 e. The van der Waals surface area contributed by atoms with E-state index in [-0.39, 0.29) is 18.4 Å². The molecule has 0 unspecified atom stereocenters. The van der Waals surface area contributed by atoms with Crippen molar-refractivity contribution in [3.63, 3.8) is 0 Å². The number of carbonyl (C=O) groups is 1. The van der Waals surface area contributed by atoms with Crippen molar-refractivity contribution < 1.29 is 19.0 Å². The summed E-state index contributed by atoms with van der Waals surface area (Å²) in [7, 11) is 1.57. The van der Waals surface area contributed by atoms with Crippen LogP contribution >= 0.6 is 15.9 Å². The third kappa shape index (κ3) is 6.27. The number of carbonyl (C=O) groups excluding carboxylic acids is 1. The molecule has 2 aromatic carbocycles. The summed E-state index contributed by atoms with van der Waals surface area (Å²) in [6, 6.07) is 11.1. The quantitative estimate of drug-likeness (QED) is 0.452. The Balaban J connectivity index is 1.92. The van der Waals surface area contributed by atoms with Crippen LogP contribution in [-0.4, -0.2) is 32.4 Å². The van der Waals surface area contributed by atoms with Gasteiger partial charge in [0.15, 0.2) is 18.1 Å². The van der Waals surface area contributed by atoms with Gasteiger partial charge in [0.25, 0.3) is 5.91 Å². The van der Waals surface area contributed by atoms with Crippen molar-refractivity contribution in [3.05, 3.63) is 52.0 Å². The average Bonchev–Trinajstić information content (AvgIpc) is 2.68. The van der Waals surface area contributed by atoms with E-state index in [4.69, 9.17) is 14.2 Å². The summed E-state index contributed by atoms with van der Waals surface area (Å²) in [5, 5.41) is 3.97. The van der Waals surface area contributed by atoms with Crippen LogP contribution in [0.15, 0.2) is 46.0 Å². The lowest BCUT2D eigenvalue weighted by molar-refractivity contribution is -0.123. The fraction of sp³-hybridized carbons (Fsp3) is 0.333. The SMILES string of the molecule is CCOc1ccc(/C=N/NC(=O)COc2ccc(Br)cc2C(C)C)cc1OC. The molecule has 1 amide bonds. The van der Waals surface area contributed by atoms with Gasteiger partial charge in [0.2, 0.25) is 0 Å². The summed E-state index contributed by atoms with van der Waals surface area (Å²) in [4.78, 5) is 12.0. The number of halogens is 1. The fourth-order valence-electron chi connectivity index (χ4n) is 2.50. The Hall–Kier alpha value is -2.54. The fourth-order valence-corrected chi connectivity index (χ4v) is 2.87. The zero-order valence-electron chi connectivity index (χ0n) is 16.5. The molecule has 1 N–H and O–H groups in total. The minimum atomic E-state index is -0.341. The molecule has 7 heteroatoms. The molecule has 0 fully saturated rings. The molecule has 0 aliphatic heterocycles. The molecule has 0 aromatic heterocycles. The first-order chi connectivity index (χ1) is 13.4. The third-order valence-corrected chi connectivity index (χ3v) is 4.34. The molecule has 0 aliphatic rings. The van der Waals surface area contributed by atoms with Gasteiger partial charge in [0, 0.05) is 4.47 Å². The van der Waals surface area contributed by atoms with E-state index in [2.05, 4.69) is 40.3 Å². The van der Waals surface area contributed by atoms with E-state index in [1.54, 1.807) is 19.2 Å². The van der Waals surface area contributed by atoms with E-state index in [1.807, 2.05) is 31.2 Å². The molecule has 0 spiro atoms. The smallest absolute Gasteiger partial charge is 0.277 e. The van der Waals surface area contributed by atoms with Gasteiger partial charge in [-0.15, -0.1) is 0 Å². The van der Waals surface area contributed by atoms with Crippen molar-refractivity contribution >= 4 is 28.1 Å². The number of ether oxygens (including phenoxy) is 3. The lowest BCUT2D eigenvalue weighted by Crippen LogP contribution is -2.24. The second-order valence-corrected chi connectivity index (χ2v) is 7.18. The van der Waals surface area contributed by atoms with Gasteiger partial charge in [0.05, 0.1) is 19.9 Å². The summed E-state index contributed by atoms with van der Waals surface area (Å²) < 4.78 is 17.4. The lowest BCUT2D eigenvalue weighted by atomic mass is 10.0. The number of methoxy groups -OCH3 is 1. The van der Waals surface area contributed by atoms with Crippen molar-refractivity contribution in [3.8, 4) is 17.2 Å². The lowest BCUT2D eigenvalue weighted by Gasteiger charge is -2.14. The second-order valence-electron chi connectivity index (χ2n) is 6.26. The van der Waals surface area contributed by atoms with Crippen LogP contribution in [-0.2, 0) is 4.79 Å². The number of rotatable bonds is 9. The molecule has 2 aromatic rings. The number of amides is 1.